The molecule has 4 heteroatoms. The quantitative estimate of drug-likeness (QED) is 0.576. The molecule has 1 aromatic carbocycles. The molecule has 0 heterocycles. The molecule has 0 N–H and O–H groups in total. The summed E-state index contributed by atoms with van der Waals surface area (Å²) in [5.41, 5.74) is 1.50. The Morgan fingerprint density at radius 2 is 2.00 bits per heavy atom. The Morgan fingerprint density at radius 3 is 2.56 bits per heavy atom. The fourth-order valence-corrected chi connectivity index (χ4v) is 2.25. The van der Waals surface area contributed by atoms with Crippen LogP contribution in [0.4, 0.5) is 4.39 Å². The summed E-state index contributed by atoms with van der Waals surface area (Å²) in [6.45, 7) is 3.84. The minimum atomic E-state index is -1.16. The van der Waals surface area contributed by atoms with E-state index >= 15 is 0 Å². The predicted octanol–water partition coefficient (Wildman–Crippen LogP) is 3.10. The molecule has 1 rings (SSSR count). The second-order valence-electron chi connectivity index (χ2n) is 3.56. The molecule has 1 unspecified atom stereocenters. The van der Waals surface area contributed by atoms with Gasteiger partial charge in [0.15, 0.2) is 0 Å². The summed E-state index contributed by atoms with van der Waals surface area (Å²) in [4.78, 5) is 0. The van der Waals surface area contributed by atoms with Crippen molar-refractivity contribution >= 4 is 17.1 Å². The van der Waals surface area contributed by atoms with Crippen LogP contribution in [-0.4, -0.2) is 16.0 Å². The second-order valence-corrected chi connectivity index (χ2v) is 4.80. The van der Waals surface area contributed by atoms with Crippen molar-refractivity contribution in [2.45, 2.75) is 26.7 Å². The number of hydrogen-bond acceptors (Lipinski definition) is 2. The van der Waals surface area contributed by atoms with E-state index in [-0.39, 0.29) is 5.82 Å². The van der Waals surface area contributed by atoms with E-state index in [4.69, 9.17) is 0 Å². The van der Waals surface area contributed by atoms with Gasteiger partial charge in [-0.05, 0) is 25.5 Å². The van der Waals surface area contributed by atoms with E-state index < -0.39 is 11.4 Å². The van der Waals surface area contributed by atoms with Gasteiger partial charge < -0.3 is 4.55 Å². The molecule has 0 saturated heterocycles. The van der Waals surface area contributed by atoms with E-state index in [0.717, 1.165) is 18.4 Å². The number of hydrogen-bond donors (Lipinski definition) is 0. The highest BCUT2D eigenvalue weighted by atomic mass is 32.2. The van der Waals surface area contributed by atoms with E-state index in [1.54, 1.807) is 19.1 Å². The van der Waals surface area contributed by atoms with E-state index in [9.17, 15) is 8.94 Å². The zero-order valence-corrected chi connectivity index (χ0v) is 10.4. The molecular formula is C12H16FNOS. The lowest BCUT2D eigenvalue weighted by molar-refractivity contribution is 0.593. The third kappa shape index (κ3) is 4.33. The molecule has 0 bridgehead atoms. The van der Waals surface area contributed by atoms with Crippen molar-refractivity contribution in [2.24, 2.45) is 4.40 Å². The van der Waals surface area contributed by atoms with Crippen LogP contribution in [0.5, 0.6) is 0 Å². The van der Waals surface area contributed by atoms with Crippen molar-refractivity contribution in [3.05, 3.63) is 35.6 Å². The van der Waals surface area contributed by atoms with Crippen LogP contribution in [0.2, 0.25) is 0 Å². The summed E-state index contributed by atoms with van der Waals surface area (Å²) in [5, 5.41) is 0. The van der Waals surface area contributed by atoms with Crippen LogP contribution in [0.3, 0.4) is 0 Å². The molecule has 0 fully saturated rings. The smallest absolute Gasteiger partial charge is 0.133 e. The third-order valence-corrected chi connectivity index (χ3v) is 3.29. The molecule has 0 amide bonds. The highest BCUT2D eigenvalue weighted by molar-refractivity contribution is 7.90. The molecule has 0 aromatic heterocycles. The van der Waals surface area contributed by atoms with Crippen molar-refractivity contribution in [1.29, 1.82) is 0 Å². The maximum atomic E-state index is 12.7. The lowest BCUT2D eigenvalue weighted by Crippen LogP contribution is -2.06. The Labute approximate surface area is 98.9 Å². The monoisotopic (exact) mass is 241 g/mol. The summed E-state index contributed by atoms with van der Waals surface area (Å²) in [5.74, 6) is 0.318. The minimum absolute atomic E-state index is 0.274. The van der Waals surface area contributed by atoms with E-state index in [1.165, 1.54) is 12.1 Å². The third-order valence-electron chi connectivity index (χ3n) is 2.17. The van der Waals surface area contributed by atoms with Crippen LogP contribution < -0.4 is 0 Å². The van der Waals surface area contributed by atoms with E-state index in [0.29, 0.717) is 11.5 Å². The first-order valence-electron chi connectivity index (χ1n) is 5.33. The van der Waals surface area contributed by atoms with Gasteiger partial charge in [0.25, 0.3) is 0 Å². The van der Waals surface area contributed by atoms with Crippen LogP contribution in [0.15, 0.2) is 28.7 Å². The average Bonchev–Trinajstić information content (AvgIpc) is 2.27. The fraction of sp³-hybridized carbons (Fsp3) is 0.417. The predicted molar refractivity (Wildman–Crippen MR) is 66.5 cm³/mol. The highest BCUT2D eigenvalue weighted by Crippen LogP contribution is 2.07. The van der Waals surface area contributed by atoms with Crippen molar-refractivity contribution < 1.29 is 8.94 Å². The summed E-state index contributed by atoms with van der Waals surface area (Å²) in [6, 6.07) is 6.04. The maximum absolute atomic E-state index is 12.7. The lowest BCUT2D eigenvalue weighted by atomic mass is 10.1. The Balaban J connectivity index is 2.65. The molecule has 16 heavy (non-hydrogen) atoms. The topological polar surface area (TPSA) is 35.4 Å². The van der Waals surface area contributed by atoms with Crippen LogP contribution in [-0.2, 0) is 11.4 Å². The van der Waals surface area contributed by atoms with Gasteiger partial charge in [0.2, 0.25) is 0 Å². The number of halogens is 1. The van der Waals surface area contributed by atoms with E-state index in [2.05, 4.69) is 4.40 Å². The molecule has 0 saturated carbocycles. The van der Waals surface area contributed by atoms with Crippen LogP contribution in [0.25, 0.3) is 0 Å². The van der Waals surface area contributed by atoms with Gasteiger partial charge in [-0.1, -0.05) is 29.9 Å². The lowest BCUT2D eigenvalue weighted by Gasteiger charge is -2.04. The number of rotatable bonds is 5. The van der Waals surface area contributed by atoms with Crippen LogP contribution in [0.1, 0.15) is 32.3 Å². The Bertz CT molecular complexity index is 351. The van der Waals surface area contributed by atoms with Gasteiger partial charge in [0.05, 0.1) is 17.1 Å². The molecule has 0 aliphatic rings. The van der Waals surface area contributed by atoms with E-state index in [1.807, 2.05) is 6.92 Å². The van der Waals surface area contributed by atoms with Gasteiger partial charge in [0.1, 0.15) is 11.6 Å². The molecule has 0 aliphatic carbocycles. The Kier molecular flexibility index (Phi) is 5.49. The van der Waals surface area contributed by atoms with Gasteiger partial charge in [-0.3, -0.25) is 0 Å². The first kappa shape index (κ1) is 13.2. The second kappa shape index (κ2) is 6.66. The van der Waals surface area contributed by atoms with Crippen molar-refractivity contribution in [2.75, 3.05) is 5.75 Å². The van der Waals surface area contributed by atoms with Gasteiger partial charge in [-0.2, -0.15) is 0 Å². The standard InChI is InChI=1S/C12H16FNOS/c1-3-4-9-16(15)14-10(2)11-5-7-12(13)8-6-11/h5-8H,3-4,9H2,1-2H3/b14-10-. The SMILES string of the molecule is CCCC[S+]([O-])/N=C(/C)c1ccc(F)cc1. The summed E-state index contributed by atoms with van der Waals surface area (Å²) in [7, 11) is 0. The van der Waals surface area contributed by atoms with Crippen molar-refractivity contribution in [1.82, 2.24) is 0 Å². The minimum Gasteiger partial charge on any atom is -0.591 e. The number of nitrogens with zero attached hydrogens (tertiary/aromatic N) is 1. The molecule has 88 valence electrons. The fourth-order valence-electron chi connectivity index (χ4n) is 1.21. The molecule has 1 aromatic rings. The molecular weight excluding hydrogens is 225 g/mol. The van der Waals surface area contributed by atoms with Crippen LogP contribution in [0, 0.1) is 5.82 Å². The highest BCUT2D eigenvalue weighted by Gasteiger charge is 2.06. The average molecular weight is 241 g/mol. The van der Waals surface area contributed by atoms with Crippen molar-refractivity contribution in [3.63, 3.8) is 0 Å². The van der Waals surface area contributed by atoms with Gasteiger partial charge in [0, 0.05) is 5.56 Å². The molecule has 1 atom stereocenters. The zero-order valence-electron chi connectivity index (χ0n) is 9.57. The first-order chi connectivity index (χ1) is 7.63. The van der Waals surface area contributed by atoms with Gasteiger partial charge in [-0.15, -0.1) is 0 Å². The largest absolute Gasteiger partial charge is 0.591 e. The molecule has 2 nitrogen and oxygen atoms in total. The summed E-state index contributed by atoms with van der Waals surface area (Å²) < 4.78 is 28.3. The molecule has 0 aliphatic heterocycles. The van der Waals surface area contributed by atoms with Gasteiger partial charge in [-0.25, -0.2) is 4.39 Å². The zero-order chi connectivity index (χ0) is 12.0. The van der Waals surface area contributed by atoms with Crippen LogP contribution >= 0.6 is 0 Å². The number of benzene rings is 1. The van der Waals surface area contributed by atoms with Gasteiger partial charge >= 0.3 is 0 Å². The first-order valence-corrected chi connectivity index (χ1v) is 6.60. The Hall–Kier alpha value is -0.870. The number of unbranched alkanes of at least 4 members (excludes halogenated alkanes) is 1. The summed E-state index contributed by atoms with van der Waals surface area (Å²) in [6.07, 6.45) is 1.92. The summed E-state index contributed by atoms with van der Waals surface area (Å²) >= 11 is -1.16. The molecule has 0 spiro atoms. The Morgan fingerprint density at radius 1 is 1.38 bits per heavy atom. The maximum Gasteiger partial charge on any atom is 0.133 e. The molecule has 0 radical (unpaired) electrons. The van der Waals surface area contributed by atoms with Crippen molar-refractivity contribution in [3.8, 4) is 0 Å². The normalized spacial score (nSPS) is 13.9.